The Morgan fingerprint density at radius 3 is 2.32 bits per heavy atom. The van der Waals surface area contributed by atoms with E-state index in [1.54, 1.807) is 30.3 Å². The van der Waals surface area contributed by atoms with Gasteiger partial charge in [-0.25, -0.2) is 0 Å². The van der Waals surface area contributed by atoms with Crippen molar-refractivity contribution in [1.82, 2.24) is 4.90 Å². The van der Waals surface area contributed by atoms with Crippen LogP contribution in [0, 0.1) is 17.8 Å². The highest BCUT2D eigenvalue weighted by Gasteiger charge is 2.51. The van der Waals surface area contributed by atoms with Crippen LogP contribution in [0.3, 0.4) is 0 Å². The van der Waals surface area contributed by atoms with Gasteiger partial charge in [0, 0.05) is 16.1 Å². The molecule has 192 valence electrons. The van der Waals surface area contributed by atoms with Crippen molar-refractivity contribution >= 4 is 46.4 Å². The zero-order chi connectivity index (χ0) is 25.7. The lowest BCUT2D eigenvalue weighted by Crippen LogP contribution is -2.48. The van der Waals surface area contributed by atoms with Gasteiger partial charge in [0.1, 0.15) is 5.75 Å². The minimum Gasteiger partial charge on any atom is -0.493 e. The molecule has 0 radical (unpaired) electrons. The van der Waals surface area contributed by atoms with E-state index in [4.69, 9.17) is 16.3 Å². The van der Waals surface area contributed by atoms with Crippen LogP contribution >= 0.6 is 23.4 Å². The number of nitrogens with zero attached hydrogens (tertiary/aromatic N) is 1. The molecule has 4 bridgehead atoms. The third-order valence-corrected chi connectivity index (χ3v) is 9.75. The van der Waals surface area contributed by atoms with Gasteiger partial charge in [-0.2, -0.15) is 0 Å². The van der Waals surface area contributed by atoms with Crippen LogP contribution in [0.5, 0.6) is 5.75 Å². The van der Waals surface area contributed by atoms with Crippen LogP contribution in [0.1, 0.15) is 66.9 Å². The first-order valence-electron chi connectivity index (χ1n) is 13.1. The molecule has 2 aromatic rings. The zero-order valence-corrected chi connectivity index (χ0v) is 22.4. The fourth-order valence-corrected chi connectivity index (χ4v) is 8.35. The van der Waals surface area contributed by atoms with Gasteiger partial charge in [0.15, 0.2) is 5.78 Å². The molecule has 0 unspecified atom stereocenters. The van der Waals surface area contributed by atoms with E-state index in [1.807, 2.05) is 13.0 Å². The minimum atomic E-state index is -0.444. The van der Waals surface area contributed by atoms with Crippen molar-refractivity contribution in [1.29, 1.82) is 0 Å². The number of carbonyl (C=O) groups is 3. The zero-order valence-electron chi connectivity index (χ0n) is 20.9. The second-order valence-electron chi connectivity index (χ2n) is 11.1. The maximum atomic E-state index is 13.2. The quantitative estimate of drug-likeness (QED) is 0.279. The first kappa shape index (κ1) is 24.7. The van der Waals surface area contributed by atoms with Gasteiger partial charge in [-0.05, 0) is 128 Å². The SMILES string of the molecule is CCOc1ccc(C23CC4CC(CC(C4)C2)C3)cc1/C=C1/SC(=O)N(CC(=O)c2ccc(Cl)cc2)C1=O. The van der Waals surface area contributed by atoms with Crippen LogP contribution in [-0.2, 0) is 10.2 Å². The fourth-order valence-electron chi connectivity index (χ4n) is 7.39. The summed E-state index contributed by atoms with van der Waals surface area (Å²) in [7, 11) is 0. The number of ketones is 1. The Balaban J connectivity index is 1.28. The number of thioether (sulfide) groups is 1. The van der Waals surface area contributed by atoms with Crippen LogP contribution in [0.15, 0.2) is 47.4 Å². The maximum absolute atomic E-state index is 13.2. The number of amides is 2. The van der Waals surface area contributed by atoms with Gasteiger partial charge in [0.25, 0.3) is 11.1 Å². The normalized spacial score (nSPS) is 29.4. The maximum Gasteiger partial charge on any atom is 0.293 e. The number of Topliss-reactive ketones (excluding diaryl/α,β-unsaturated/α-hetero) is 1. The van der Waals surface area contributed by atoms with Crippen LogP contribution in [0.4, 0.5) is 4.79 Å². The van der Waals surface area contributed by atoms with E-state index in [0.717, 1.165) is 40.0 Å². The van der Waals surface area contributed by atoms with Crippen molar-refractivity contribution in [2.75, 3.05) is 13.2 Å². The number of carbonyl (C=O) groups excluding carboxylic acids is 3. The summed E-state index contributed by atoms with van der Waals surface area (Å²) in [6.07, 6.45) is 9.65. The second kappa shape index (κ2) is 9.63. The van der Waals surface area contributed by atoms with Crippen molar-refractivity contribution in [3.63, 3.8) is 0 Å². The fraction of sp³-hybridized carbons (Fsp3) is 0.433. The number of ether oxygens (including phenoxy) is 1. The van der Waals surface area contributed by atoms with E-state index in [0.29, 0.717) is 27.8 Å². The molecule has 4 saturated carbocycles. The van der Waals surface area contributed by atoms with Gasteiger partial charge in [-0.1, -0.05) is 17.7 Å². The Hall–Kier alpha value is -2.57. The molecule has 2 amide bonds. The van der Waals surface area contributed by atoms with E-state index in [1.165, 1.54) is 44.1 Å². The topological polar surface area (TPSA) is 63.7 Å². The van der Waals surface area contributed by atoms with Gasteiger partial charge in [-0.3, -0.25) is 19.3 Å². The lowest BCUT2D eigenvalue weighted by molar-refractivity contribution is -0.122. The molecule has 7 rings (SSSR count). The summed E-state index contributed by atoms with van der Waals surface area (Å²) < 4.78 is 5.91. The molecule has 4 aliphatic carbocycles. The standard InChI is InChI=1S/C30H30ClNO4S/c1-2-36-26-8-5-23(30-14-18-9-19(15-30)11-20(10-18)16-30)12-22(26)13-27-28(34)32(29(35)37-27)17-25(33)21-3-6-24(31)7-4-21/h3-8,12-13,18-20H,2,9-11,14-17H2,1H3/b27-13+. The number of rotatable bonds is 7. The van der Waals surface area contributed by atoms with Crippen molar-refractivity contribution in [2.45, 2.75) is 50.9 Å². The smallest absolute Gasteiger partial charge is 0.293 e. The Morgan fingerprint density at radius 2 is 1.70 bits per heavy atom. The number of hydrogen-bond acceptors (Lipinski definition) is 5. The highest BCUT2D eigenvalue weighted by atomic mass is 35.5. The molecular weight excluding hydrogens is 506 g/mol. The van der Waals surface area contributed by atoms with Gasteiger partial charge in [-0.15, -0.1) is 0 Å². The summed E-state index contributed by atoms with van der Waals surface area (Å²) in [6, 6.07) is 12.9. The van der Waals surface area contributed by atoms with E-state index in [-0.39, 0.29) is 17.7 Å². The minimum absolute atomic E-state index is 0.215. The van der Waals surface area contributed by atoms with Crippen LogP contribution < -0.4 is 4.74 Å². The highest BCUT2D eigenvalue weighted by Crippen LogP contribution is 2.61. The lowest BCUT2D eigenvalue weighted by Gasteiger charge is -2.57. The van der Waals surface area contributed by atoms with E-state index in [9.17, 15) is 14.4 Å². The third-order valence-electron chi connectivity index (χ3n) is 8.59. The van der Waals surface area contributed by atoms with Crippen molar-refractivity contribution in [2.24, 2.45) is 17.8 Å². The average molecular weight is 536 g/mol. The molecule has 5 aliphatic rings. The predicted octanol–water partition coefficient (Wildman–Crippen LogP) is 7.13. The molecule has 0 aromatic heterocycles. The number of halogens is 1. The molecule has 7 heteroatoms. The molecule has 1 heterocycles. The van der Waals surface area contributed by atoms with E-state index >= 15 is 0 Å². The molecule has 2 aromatic carbocycles. The Labute approximate surface area is 226 Å². The summed E-state index contributed by atoms with van der Waals surface area (Å²) in [5.74, 6) is 2.45. The lowest BCUT2D eigenvalue weighted by atomic mass is 9.48. The molecule has 5 fully saturated rings. The Morgan fingerprint density at radius 1 is 1.05 bits per heavy atom. The van der Waals surface area contributed by atoms with Crippen LogP contribution in [-0.4, -0.2) is 35.0 Å². The Bertz CT molecular complexity index is 1270. The molecule has 37 heavy (non-hydrogen) atoms. The molecule has 0 spiro atoms. The van der Waals surface area contributed by atoms with Gasteiger partial charge >= 0.3 is 0 Å². The first-order valence-corrected chi connectivity index (χ1v) is 14.3. The van der Waals surface area contributed by atoms with Crippen molar-refractivity contribution in [3.05, 3.63) is 69.1 Å². The molecular formula is C30H30ClNO4S. The van der Waals surface area contributed by atoms with Gasteiger partial charge < -0.3 is 4.74 Å². The van der Waals surface area contributed by atoms with Crippen LogP contribution in [0.25, 0.3) is 6.08 Å². The second-order valence-corrected chi connectivity index (χ2v) is 12.5. The average Bonchev–Trinajstić information content (AvgIpc) is 3.12. The molecule has 0 atom stereocenters. The summed E-state index contributed by atoms with van der Waals surface area (Å²) in [4.78, 5) is 40.0. The summed E-state index contributed by atoms with van der Waals surface area (Å²) in [5.41, 5.74) is 2.78. The van der Waals surface area contributed by atoms with Gasteiger partial charge in [0.2, 0.25) is 0 Å². The summed E-state index contributed by atoms with van der Waals surface area (Å²) in [5, 5.41) is 0.0836. The highest BCUT2D eigenvalue weighted by molar-refractivity contribution is 8.18. The van der Waals surface area contributed by atoms with E-state index in [2.05, 4.69) is 12.1 Å². The summed E-state index contributed by atoms with van der Waals surface area (Å²) in [6.45, 7) is 2.15. The molecule has 5 nitrogen and oxygen atoms in total. The third kappa shape index (κ3) is 4.63. The van der Waals surface area contributed by atoms with Gasteiger partial charge in [0.05, 0.1) is 18.1 Å². The largest absolute Gasteiger partial charge is 0.493 e. The first-order chi connectivity index (χ1) is 17.8. The molecule has 0 N–H and O–H groups in total. The van der Waals surface area contributed by atoms with Crippen molar-refractivity contribution < 1.29 is 19.1 Å². The molecule has 1 saturated heterocycles. The molecule has 1 aliphatic heterocycles. The number of hydrogen-bond donors (Lipinski definition) is 0. The van der Waals surface area contributed by atoms with E-state index < -0.39 is 11.1 Å². The van der Waals surface area contributed by atoms with Crippen molar-refractivity contribution in [3.8, 4) is 5.75 Å². The predicted molar refractivity (Wildman–Crippen MR) is 146 cm³/mol. The Kier molecular flexibility index (Phi) is 6.44. The summed E-state index contributed by atoms with van der Waals surface area (Å²) >= 11 is 6.79. The number of benzene rings is 2. The monoisotopic (exact) mass is 535 g/mol. The van der Waals surface area contributed by atoms with Crippen LogP contribution in [0.2, 0.25) is 5.02 Å². The number of imide groups is 1.